The summed E-state index contributed by atoms with van der Waals surface area (Å²) < 4.78 is 5.29. The lowest BCUT2D eigenvalue weighted by molar-refractivity contribution is -0.152. The Morgan fingerprint density at radius 1 is 1.17 bits per heavy atom. The van der Waals surface area contributed by atoms with Gasteiger partial charge in [0, 0.05) is 6.04 Å². The second-order valence-corrected chi connectivity index (χ2v) is 5.33. The third-order valence-corrected chi connectivity index (χ3v) is 3.80. The summed E-state index contributed by atoms with van der Waals surface area (Å²) in [6.07, 6.45) is 3.73. The van der Waals surface area contributed by atoms with Gasteiger partial charge in [-0.25, -0.2) is 0 Å². The highest BCUT2D eigenvalue weighted by Crippen LogP contribution is 2.25. The van der Waals surface area contributed by atoms with Gasteiger partial charge in [0.1, 0.15) is 5.54 Å². The van der Waals surface area contributed by atoms with Crippen molar-refractivity contribution in [2.45, 2.75) is 78.8 Å². The molecule has 0 aromatic rings. The Morgan fingerprint density at radius 3 is 2.17 bits per heavy atom. The Balaban J connectivity index is 4.99. The average molecular weight is 257 g/mol. The Bertz CT molecular complexity index is 229. The van der Waals surface area contributed by atoms with Gasteiger partial charge in [-0.15, -0.1) is 0 Å². The first-order valence-corrected chi connectivity index (χ1v) is 7.40. The minimum Gasteiger partial charge on any atom is -0.465 e. The van der Waals surface area contributed by atoms with Crippen LogP contribution in [0.4, 0.5) is 0 Å². The van der Waals surface area contributed by atoms with E-state index in [-0.39, 0.29) is 5.97 Å². The Hall–Kier alpha value is -0.570. The molecule has 0 aliphatic carbocycles. The van der Waals surface area contributed by atoms with Gasteiger partial charge < -0.3 is 4.74 Å². The lowest BCUT2D eigenvalue weighted by atomic mass is 9.83. The van der Waals surface area contributed by atoms with Crippen molar-refractivity contribution in [2.24, 2.45) is 5.92 Å². The van der Waals surface area contributed by atoms with Crippen molar-refractivity contribution in [3.8, 4) is 0 Å². The molecule has 0 fully saturated rings. The van der Waals surface area contributed by atoms with Gasteiger partial charge in [-0.2, -0.15) is 0 Å². The fourth-order valence-corrected chi connectivity index (χ4v) is 2.17. The summed E-state index contributed by atoms with van der Waals surface area (Å²) in [5.74, 6) is 0.430. The number of hydrogen-bond acceptors (Lipinski definition) is 3. The third kappa shape index (κ3) is 4.97. The molecular weight excluding hydrogens is 226 g/mol. The van der Waals surface area contributed by atoms with E-state index in [1.165, 1.54) is 0 Å². The molecule has 0 aliphatic heterocycles. The summed E-state index contributed by atoms with van der Waals surface area (Å²) in [6.45, 7) is 13.0. The first-order chi connectivity index (χ1) is 8.45. The minimum absolute atomic E-state index is 0.0897. The van der Waals surface area contributed by atoms with E-state index in [1.807, 2.05) is 6.92 Å². The van der Waals surface area contributed by atoms with Crippen LogP contribution in [0.2, 0.25) is 0 Å². The van der Waals surface area contributed by atoms with Gasteiger partial charge in [0.15, 0.2) is 0 Å². The van der Waals surface area contributed by atoms with Gasteiger partial charge in [0.2, 0.25) is 0 Å². The van der Waals surface area contributed by atoms with Gasteiger partial charge in [0.25, 0.3) is 0 Å². The second kappa shape index (κ2) is 8.52. The maximum absolute atomic E-state index is 12.3. The summed E-state index contributed by atoms with van der Waals surface area (Å²) in [6, 6.07) is 0.332. The van der Waals surface area contributed by atoms with E-state index in [4.69, 9.17) is 4.74 Å². The lowest BCUT2D eigenvalue weighted by Crippen LogP contribution is -2.56. The molecule has 3 nitrogen and oxygen atoms in total. The highest BCUT2D eigenvalue weighted by Gasteiger charge is 2.39. The highest BCUT2D eigenvalue weighted by molar-refractivity contribution is 5.80. The van der Waals surface area contributed by atoms with Crippen molar-refractivity contribution in [3.63, 3.8) is 0 Å². The monoisotopic (exact) mass is 257 g/mol. The zero-order chi connectivity index (χ0) is 14.2. The molecule has 3 heteroatoms. The van der Waals surface area contributed by atoms with E-state index in [0.29, 0.717) is 18.6 Å². The largest absolute Gasteiger partial charge is 0.465 e. The number of nitrogens with one attached hydrogen (secondary N) is 1. The van der Waals surface area contributed by atoms with E-state index in [0.717, 1.165) is 25.7 Å². The highest BCUT2D eigenvalue weighted by atomic mass is 16.5. The fraction of sp³-hybridized carbons (Fsp3) is 0.933. The summed E-state index contributed by atoms with van der Waals surface area (Å²) >= 11 is 0. The summed E-state index contributed by atoms with van der Waals surface area (Å²) in [7, 11) is 0. The Labute approximate surface area is 113 Å². The first kappa shape index (κ1) is 17.4. The van der Waals surface area contributed by atoms with Crippen LogP contribution in [-0.2, 0) is 9.53 Å². The van der Waals surface area contributed by atoms with Crippen molar-refractivity contribution >= 4 is 5.97 Å². The zero-order valence-electron chi connectivity index (χ0n) is 13.0. The minimum atomic E-state index is -0.513. The van der Waals surface area contributed by atoms with Crippen LogP contribution < -0.4 is 5.32 Å². The second-order valence-electron chi connectivity index (χ2n) is 5.33. The molecule has 0 amide bonds. The summed E-state index contributed by atoms with van der Waals surface area (Å²) in [5.41, 5.74) is -0.513. The van der Waals surface area contributed by atoms with Crippen molar-refractivity contribution in [3.05, 3.63) is 0 Å². The van der Waals surface area contributed by atoms with Crippen LogP contribution >= 0.6 is 0 Å². The molecule has 0 saturated heterocycles. The maximum atomic E-state index is 12.3. The van der Waals surface area contributed by atoms with Crippen LogP contribution in [0.15, 0.2) is 0 Å². The van der Waals surface area contributed by atoms with Crippen LogP contribution in [0, 0.1) is 5.92 Å². The van der Waals surface area contributed by atoms with Gasteiger partial charge in [0.05, 0.1) is 6.61 Å². The van der Waals surface area contributed by atoms with E-state index in [1.54, 1.807) is 0 Å². The molecule has 3 atom stereocenters. The van der Waals surface area contributed by atoms with Gasteiger partial charge in [-0.3, -0.25) is 10.1 Å². The van der Waals surface area contributed by atoms with Crippen LogP contribution in [0.3, 0.4) is 0 Å². The molecule has 0 spiro atoms. The Morgan fingerprint density at radius 2 is 1.78 bits per heavy atom. The van der Waals surface area contributed by atoms with Crippen LogP contribution in [0.1, 0.15) is 67.2 Å². The average Bonchev–Trinajstić information content (AvgIpc) is 2.37. The van der Waals surface area contributed by atoms with Crippen molar-refractivity contribution < 1.29 is 9.53 Å². The van der Waals surface area contributed by atoms with Gasteiger partial charge >= 0.3 is 5.97 Å². The van der Waals surface area contributed by atoms with Crippen molar-refractivity contribution in [1.82, 2.24) is 5.32 Å². The zero-order valence-corrected chi connectivity index (χ0v) is 13.0. The molecule has 0 heterocycles. The molecule has 1 N–H and O–H groups in total. The smallest absolute Gasteiger partial charge is 0.326 e. The maximum Gasteiger partial charge on any atom is 0.326 e. The molecule has 0 aromatic heterocycles. The topological polar surface area (TPSA) is 38.3 Å². The van der Waals surface area contributed by atoms with Gasteiger partial charge in [-0.05, 0) is 39.0 Å². The molecule has 18 heavy (non-hydrogen) atoms. The molecule has 0 aromatic carbocycles. The summed E-state index contributed by atoms with van der Waals surface area (Å²) in [5, 5.41) is 3.51. The standard InChI is InChI=1S/C15H31NO2/c1-7-12(5)11-15(9-3,14(17)18-10-4)16-13(6)8-2/h12-13,16H,7-11H2,1-6H3. The predicted molar refractivity (Wildman–Crippen MR) is 76.6 cm³/mol. The molecule has 108 valence electrons. The SMILES string of the molecule is CCOC(=O)C(CC)(CC(C)CC)NC(C)CC. The fourth-order valence-electron chi connectivity index (χ4n) is 2.17. The number of esters is 1. The Kier molecular flexibility index (Phi) is 8.25. The quantitative estimate of drug-likeness (QED) is 0.642. The number of carbonyl (C=O) groups is 1. The van der Waals surface area contributed by atoms with Gasteiger partial charge in [-0.1, -0.05) is 34.1 Å². The number of carbonyl (C=O) groups excluding carboxylic acids is 1. The van der Waals surface area contributed by atoms with E-state index >= 15 is 0 Å². The van der Waals surface area contributed by atoms with Crippen LogP contribution in [0.5, 0.6) is 0 Å². The normalized spacial score (nSPS) is 17.9. The number of ether oxygens (including phenoxy) is 1. The number of rotatable bonds is 9. The van der Waals surface area contributed by atoms with E-state index in [2.05, 4.69) is 39.9 Å². The molecule has 0 aliphatic rings. The molecule has 0 saturated carbocycles. The third-order valence-electron chi connectivity index (χ3n) is 3.80. The van der Waals surface area contributed by atoms with E-state index in [9.17, 15) is 4.79 Å². The molecular formula is C15H31NO2. The van der Waals surface area contributed by atoms with E-state index < -0.39 is 5.54 Å². The molecule has 0 rings (SSSR count). The van der Waals surface area contributed by atoms with Crippen LogP contribution in [-0.4, -0.2) is 24.2 Å². The number of hydrogen-bond donors (Lipinski definition) is 1. The molecule has 0 radical (unpaired) electrons. The predicted octanol–water partition coefficient (Wildman–Crippen LogP) is 3.52. The molecule has 3 unspecified atom stereocenters. The lowest BCUT2D eigenvalue weighted by Gasteiger charge is -2.36. The van der Waals surface area contributed by atoms with Crippen molar-refractivity contribution in [2.75, 3.05) is 6.61 Å². The van der Waals surface area contributed by atoms with Crippen molar-refractivity contribution in [1.29, 1.82) is 0 Å². The van der Waals surface area contributed by atoms with Crippen LogP contribution in [0.25, 0.3) is 0 Å². The molecule has 0 bridgehead atoms. The first-order valence-electron chi connectivity index (χ1n) is 7.40. The summed E-state index contributed by atoms with van der Waals surface area (Å²) in [4.78, 5) is 12.3.